The van der Waals surface area contributed by atoms with Gasteiger partial charge in [0.05, 0.1) is 14.2 Å². The monoisotopic (exact) mass is 533 g/mol. The molecule has 0 aliphatic heterocycles. The predicted molar refractivity (Wildman–Crippen MR) is 161 cm³/mol. The highest BCUT2D eigenvalue weighted by Crippen LogP contribution is 2.29. The minimum atomic E-state index is -0.120. The second kappa shape index (κ2) is 18.2. The number of methoxy groups -OCH3 is 2. The van der Waals surface area contributed by atoms with Crippen molar-refractivity contribution in [1.29, 1.82) is 0 Å². The van der Waals surface area contributed by atoms with Crippen LogP contribution in [0, 0.1) is 0 Å². The molecule has 6 heteroatoms. The maximum atomic E-state index is 13.0. The van der Waals surface area contributed by atoms with Crippen LogP contribution in [0.3, 0.4) is 0 Å². The van der Waals surface area contributed by atoms with Crippen molar-refractivity contribution in [1.82, 2.24) is 4.90 Å². The first-order valence-electron chi connectivity index (χ1n) is 13.4. The summed E-state index contributed by atoms with van der Waals surface area (Å²) in [6.07, 6.45) is 5.05. The number of aldehydes is 1. The third-order valence-electron chi connectivity index (χ3n) is 5.43. The van der Waals surface area contributed by atoms with Gasteiger partial charge >= 0.3 is 0 Å². The molecule has 0 spiro atoms. The number of ether oxygens (including phenoxy) is 3. The Labute approximate surface area is 234 Å². The van der Waals surface area contributed by atoms with Gasteiger partial charge in [0.25, 0.3) is 5.91 Å². The first-order chi connectivity index (χ1) is 18.9. The molecule has 0 fully saturated rings. The number of hydrogen-bond donors (Lipinski definition) is 0. The zero-order valence-electron chi connectivity index (χ0n) is 24.6. The Morgan fingerprint density at radius 2 is 1.28 bits per heavy atom. The van der Waals surface area contributed by atoms with Gasteiger partial charge in [0.2, 0.25) is 0 Å². The minimum absolute atomic E-state index is 0.120. The summed E-state index contributed by atoms with van der Waals surface area (Å²) in [6.45, 7) is 8.00. The molecule has 0 radical (unpaired) electrons. The maximum Gasteiger partial charge on any atom is 0.253 e. The van der Waals surface area contributed by atoms with Crippen molar-refractivity contribution in [3.63, 3.8) is 0 Å². The molecule has 0 N–H and O–H groups in total. The normalized spacial score (nSPS) is 10.2. The van der Waals surface area contributed by atoms with Gasteiger partial charge in [0, 0.05) is 32.2 Å². The number of likely N-dealkylation sites (N-methyl/N-ethyl adjacent to an activating group) is 1. The minimum Gasteiger partial charge on any atom is -0.497 e. The molecule has 210 valence electrons. The van der Waals surface area contributed by atoms with Crippen LogP contribution in [-0.2, 0) is 16.0 Å². The molecule has 0 aliphatic carbocycles. The van der Waals surface area contributed by atoms with Crippen LogP contribution >= 0.6 is 0 Å². The fourth-order valence-corrected chi connectivity index (χ4v) is 3.54. The SMILES string of the molecule is CC.CC.COc1cc(/C=C(/C(=O)N(C)C)c2ccc(Oc3ccc(CCCC=O)cc3)cc2)cc(OC)c1. The molecule has 0 saturated heterocycles. The van der Waals surface area contributed by atoms with E-state index in [1.165, 1.54) is 5.56 Å². The number of aryl methyl sites for hydroxylation is 1. The van der Waals surface area contributed by atoms with Gasteiger partial charge in [-0.1, -0.05) is 52.0 Å². The van der Waals surface area contributed by atoms with Crippen LogP contribution in [0.25, 0.3) is 11.6 Å². The maximum absolute atomic E-state index is 13.0. The number of amides is 1. The molecule has 0 saturated carbocycles. The summed E-state index contributed by atoms with van der Waals surface area (Å²) in [5.41, 5.74) is 3.26. The van der Waals surface area contributed by atoms with Crippen molar-refractivity contribution < 1.29 is 23.8 Å². The zero-order chi connectivity index (χ0) is 29.2. The summed E-state index contributed by atoms with van der Waals surface area (Å²) in [7, 11) is 6.63. The number of hydrogen-bond acceptors (Lipinski definition) is 5. The van der Waals surface area contributed by atoms with Crippen molar-refractivity contribution in [3.8, 4) is 23.0 Å². The second-order valence-corrected chi connectivity index (χ2v) is 8.23. The smallest absolute Gasteiger partial charge is 0.253 e. The van der Waals surface area contributed by atoms with E-state index in [0.717, 1.165) is 36.0 Å². The van der Waals surface area contributed by atoms with Crippen molar-refractivity contribution in [2.75, 3.05) is 28.3 Å². The average molecular weight is 534 g/mol. The van der Waals surface area contributed by atoms with Crippen LogP contribution in [0.15, 0.2) is 66.7 Å². The van der Waals surface area contributed by atoms with E-state index in [1.807, 2.05) is 94.4 Å². The summed E-state index contributed by atoms with van der Waals surface area (Å²) >= 11 is 0. The van der Waals surface area contributed by atoms with Gasteiger partial charge in [0.15, 0.2) is 0 Å². The summed E-state index contributed by atoms with van der Waals surface area (Å²) in [5.74, 6) is 2.56. The molecular formula is C33H43NO5. The number of rotatable bonds is 11. The number of benzene rings is 3. The summed E-state index contributed by atoms with van der Waals surface area (Å²) < 4.78 is 16.7. The van der Waals surface area contributed by atoms with E-state index >= 15 is 0 Å². The Morgan fingerprint density at radius 1 is 0.769 bits per heavy atom. The highest BCUT2D eigenvalue weighted by atomic mass is 16.5. The number of unbranched alkanes of at least 4 members (excludes halogenated alkanes) is 1. The zero-order valence-corrected chi connectivity index (χ0v) is 24.6. The Hall–Kier alpha value is -4.06. The van der Waals surface area contributed by atoms with Crippen LogP contribution in [0.2, 0.25) is 0 Å². The molecule has 0 aromatic heterocycles. The predicted octanol–water partition coefficient (Wildman–Crippen LogP) is 7.70. The highest BCUT2D eigenvalue weighted by Gasteiger charge is 2.15. The van der Waals surface area contributed by atoms with Crippen LogP contribution in [0.1, 0.15) is 57.2 Å². The molecular weight excluding hydrogens is 490 g/mol. The van der Waals surface area contributed by atoms with Crippen LogP contribution in [0.5, 0.6) is 23.0 Å². The number of carbonyl (C=O) groups is 2. The quantitative estimate of drug-likeness (QED) is 0.109. The lowest BCUT2D eigenvalue weighted by atomic mass is 10.0. The fourth-order valence-electron chi connectivity index (χ4n) is 3.54. The van der Waals surface area contributed by atoms with E-state index in [1.54, 1.807) is 39.3 Å². The molecule has 0 unspecified atom stereocenters. The van der Waals surface area contributed by atoms with E-state index in [0.29, 0.717) is 29.2 Å². The van der Waals surface area contributed by atoms with Crippen molar-refractivity contribution in [2.45, 2.75) is 47.0 Å². The Kier molecular flexibility index (Phi) is 15.4. The van der Waals surface area contributed by atoms with Gasteiger partial charge in [-0.25, -0.2) is 0 Å². The van der Waals surface area contributed by atoms with Crippen molar-refractivity contribution >= 4 is 23.8 Å². The second-order valence-electron chi connectivity index (χ2n) is 8.23. The third-order valence-corrected chi connectivity index (χ3v) is 5.43. The molecule has 3 rings (SSSR count). The lowest BCUT2D eigenvalue weighted by Gasteiger charge is -2.15. The van der Waals surface area contributed by atoms with Gasteiger partial charge < -0.3 is 23.9 Å². The Morgan fingerprint density at radius 3 is 1.74 bits per heavy atom. The number of nitrogens with zero attached hydrogens (tertiary/aromatic N) is 1. The van der Waals surface area contributed by atoms with Gasteiger partial charge in [-0.05, 0) is 72.0 Å². The molecule has 6 nitrogen and oxygen atoms in total. The average Bonchev–Trinajstić information content (AvgIpc) is 2.99. The molecule has 1 amide bonds. The summed E-state index contributed by atoms with van der Waals surface area (Å²) in [6, 6.07) is 20.8. The molecule has 0 atom stereocenters. The molecule has 0 aliphatic rings. The van der Waals surface area contributed by atoms with E-state index in [4.69, 9.17) is 14.2 Å². The Bertz CT molecular complexity index is 1140. The topological polar surface area (TPSA) is 65.1 Å². The lowest BCUT2D eigenvalue weighted by Crippen LogP contribution is -2.22. The first kappa shape index (κ1) is 33.0. The van der Waals surface area contributed by atoms with Gasteiger partial charge in [0.1, 0.15) is 29.3 Å². The standard InChI is InChI=1S/C29H31NO5.2C2H6/c1-30(2)29(32)28(19-22-17-26(33-3)20-27(18-22)34-4)23-10-14-25(15-11-23)35-24-12-8-21(9-13-24)7-5-6-16-31;2*1-2/h8-20H,5-7H2,1-4H3;2*1-2H3/b28-19+;;. The molecule has 0 heterocycles. The highest BCUT2D eigenvalue weighted by molar-refractivity contribution is 6.24. The van der Waals surface area contributed by atoms with E-state index in [-0.39, 0.29) is 5.91 Å². The van der Waals surface area contributed by atoms with Gasteiger partial charge in [-0.2, -0.15) is 0 Å². The van der Waals surface area contributed by atoms with E-state index in [9.17, 15) is 9.59 Å². The summed E-state index contributed by atoms with van der Waals surface area (Å²) in [4.78, 5) is 25.0. The van der Waals surface area contributed by atoms with Crippen molar-refractivity contribution in [2.24, 2.45) is 0 Å². The van der Waals surface area contributed by atoms with Crippen LogP contribution in [0.4, 0.5) is 0 Å². The largest absolute Gasteiger partial charge is 0.497 e. The third kappa shape index (κ3) is 10.7. The molecule has 3 aromatic rings. The van der Waals surface area contributed by atoms with Crippen LogP contribution < -0.4 is 14.2 Å². The lowest BCUT2D eigenvalue weighted by molar-refractivity contribution is -0.122. The summed E-state index contributed by atoms with van der Waals surface area (Å²) in [5, 5.41) is 0. The molecule has 3 aromatic carbocycles. The molecule has 39 heavy (non-hydrogen) atoms. The van der Waals surface area contributed by atoms with E-state index in [2.05, 4.69) is 0 Å². The first-order valence-corrected chi connectivity index (χ1v) is 13.4. The van der Waals surface area contributed by atoms with Gasteiger partial charge in [-0.3, -0.25) is 4.79 Å². The fraction of sp³-hybridized carbons (Fsp3) is 0.333. The molecule has 0 bridgehead atoms. The number of carbonyl (C=O) groups excluding carboxylic acids is 2. The van der Waals surface area contributed by atoms with Gasteiger partial charge in [-0.15, -0.1) is 0 Å². The van der Waals surface area contributed by atoms with Crippen molar-refractivity contribution in [3.05, 3.63) is 83.4 Å². The Balaban J connectivity index is 0.00000181. The van der Waals surface area contributed by atoms with Crippen LogP contribution in [-0.4, -0.2) is 45.4 Å². The van der Waals surface area contributed by atoms with E-state index < -0.39 is 0 Å².